The molecule has 1 aromatic carbocycles. The molecule has 2 aromatic rings. The van der Waals surface area contributed by atoms with Crippen LogP contribution in [0.2, 0.25) is 0 Å². The van der Waals surface area contributed by atoms with Crippen molar-refractivity contribution in [1.29, 1.82) is 0 Å². The third-order valence-electron chi connectivity index (χ3n) is 1.33. The minimum absolute atomic E-state index is 0. The summed E-state index contributed by atoms with van der Waals surface area (Å²) in [4.78, 5) is 15.5. The van der Waals surface area contributed by atoms with Gasteiger partial charge in [-0.25, -0.2) is 4.98 Å². The molecule has 0 bridgehead atoms. The van der Waals surface area contributed by atoms with Crippen molar-refractivity contribution in [3.63, 3.8) is 0 Å². The smallest absolute Gasteiger partial charge is 0.565 e. The van der Waals surface area contributed by atoms with Gasteiger partial charge in [-0.3, -0.25) is 0 Å². The molecule has 0 unspecified atom stereocenters. The van der Waals surface area contributed by atoms with Crippen LogP contribution < -0.4 is 34.7 Å². The maximum Gasteiger partial charge on any atom is 1.00 e. The van der Waals surface area contributed by atoms with Crippen LogP contribution in [0.1, 0.15) is 0 Å². The number of rotatable bonds is 0. The Morgan fingerprint density at radius 2 is 2.00 bits per heavy atom. The van der Waals surface area contributed by atoms with Gasteiger partial charge in [0.15, 0.2) is 0 Å². The van der Waals surface area contributed by atoms with Gasteiger partial charge in [-0.2, -0.15) is 0 Å². The molecule has 2 N–H and O–H groups in total. The van der Waals surface area contributed by atoms with E-state index < -0.39 is 6.16 Å². The van der Waals surface area contributed by atoms with Gasteiger partial charge in [0.2, 0.25) is 6.16 Å². The monoisotopic (exact) mass is 202 g/mol. The number of H-pyrrole nitrogens is 1. The first-order valence-corrected chi connectivity index (χ1v) is 3.48. The van der Waals surface area contributed by atoms with Crippen LogP contribution in [0, 0.1) is 0 Å². The molecule has 0 saturated carbocycles. The van der Waals surface area contributed by atoms with Gasteiger partial charge in [-0.15, -0.1) is 0 Å². The van der Waals surface area contributed by atoms with Crippen molar-refractivity contribution in [3.8, 4) is 0 Å². The SMILES string of the molecule is O=C([O-])O.[Na+].c1ccc2[nH]cnc2c1. The fourth-order valence-corrected chi connectivity index (χ4v) is 0.880. The molecule has 1 aromatic heterocycles. The first-order chi connectivity index (χ1) is 6.20. The standard InChI is InChI=1S/C7H6N2.CH2O3.Na/c1-2-4-7-6(3-1)8-5-9-7;2-1(3)4;/h1-5H,(H,8,9);(H2,2,3,4);/q;;+1/p-1. The van der Waals surface area contributed by atoms with Gasteiger partial charge >= 0.3 is 29.6 Å². The Kier molecular flexibility index (Phi) is 5.94. The zero-order valence-corrected chi connectivity index (χ0v) is 9.60. The van der Waals surface area contributed by atoms with Crippen LogP contribution in [0.5, 0.6) is 0 Å². The summed E-state index contributed by atoms with van der Waals surface area (Å²) < 4.78 is 0. The molecule has 0 fully saturated rings. The van der Waals surface area contributed by atoms with Crippen LogP contribution >= 0.6 is 0 Å². The summed E-state index contributed by atoms with van der Waals surface area (Å²) in [5, 5.41) is 15.3. The Labute approximate surface area is 102 Å². The molecule has 5 nitrogen and oxygen atoms in total. The van der Waals surface area contributed by atoms with Crippen molar-refractivity contribution in [2.75, 3.05) is 0 Å². The topological polar surface area (TPSA) is 89.0 Å². The van der Waals surface area contributed by atoms with Gasteiger partial charge in [0, 0.05) is 0 Å². The number of nitrogens with one attached hydrogen (secondary N) is 1. The number of carboxylic acid groups (broad SMARTS) is 2. The molecule has 0 atom stereocenters. The van der Waals surface area contributed by atoms with E-state index in [2.05, 4.69) is 9.97 Å². The molecule has 0 radical (unpaired) electrons. The van der Waals surface area contributed by atoms with Crippen molar-refractivity contribution in [2.24, 2.45) is 0 Å². The molecule has 0 amide bonds. The van der Waals surface area contributed by atoms with Crippen LogP contribution in [0.15, 0.2) is 30.6 Å². The summed E-state index contributed by atoms with van der Waals surface area (Å²) in [7, 11) is 0. The Morgan fingerprint density at radius 3 is 2.57 bits per heavy atom. The molecule has 68 valence electrons. The predicted octanol–water partition coefficient (Wildman–Crippen LogP) is -2.55. The molecule has 0 aliphatic rings. The number of fused-ring (bicyclic) bond motifs is 1. The van der Waals surface area contributed by atoms with E-state index in [9.17, 15) is 0 Å². The van der Waals surface area contributed by atoms with Gasteiger partial charge in [0.05, 0.1) is 17.4 Å². The van der Waals surface area contributed by atoms with Crippen LogP contribution in [0.3, 0.4) is 0 Å². The molecule has 14 heavy (non-hydrogen) atoms. The second-order valence-corrected chi connectivity index (χ2v) is 2.19. The number of carbonyl (C=O) groups is 1. The molecule has 0 saturated heterocycles. The van der Waals surface area contributed by atoms with E-state index in [1.165, 1.54) is 0 Å². The molecular formula is C8H7N2NaO3. The number of aromatic nitrogens is 2. The summed E-state index contributed by atoms with van der Waals surface area (Å²) in [5.41, 5.74) is 2.12. The predicted molar refractivity (Wildman–Crippen MR) is 44.1 cm³/mol. The Bertz CT molecular complexity index is 368. The van der Waals surface area contributed by atoms with Gasteiger partial charge in [-0.1, -0.05) is 12.1 Å². The van der Waals surface area contributed by atoms with E-state index >= 15 is 0 Å². The average molecular weight is 202 g/mol. The fourth-order valence-electron chi connectivity index (χ4n) is 0.880. The zero-order valence-electron chi connectivity index (χ0n) is 7.60. The summed E-state index contributed by atoms with van der Waals surface area (Å²) in [6.07, 6.45) is -0.384. The first kappa shape index (κ1) is 13.0. The second-order valence-electron chi connectivity index (χ2n) is 2.19. The number of para-hydroxylation sites is 2. The first-order valence-electron chi connectivity index (χ1n) is 3.48. The Hall–Kier alpha value is -1.04. The van der Waals surface area contributed by atoms with E-state index in [1.54, 1.807) is 6.33 Å². The van der Waals surface area contributed by atoms with Crippen LogP contribution in [-0.2, 0) is 0 Å². The zero-order chi connectivity index (χ0) is 9.68. The number of hydrogen-bond donors (Lipinski definition) is 2. The van der Waals surface area contributed by atoms with Crippen molar-refractivity contribution in [3.05, 3.63) is 30.6 Å². The quantitative estimate of drug-likeness (QED) is 0.460. The normalized spacial score (nSPS) is 8.29. The summed E-state index contributed by atoms with van der Waals surface area (Å²) >= 11 is 0. The van der Waals surface area contributed by atoms with Crippen molar-refractivity contribution >= 4 is 17.2 Å². The van der Waals surface area contributed by atoms with E-state index in [0.717, 1.165) is 11.0 Å². The Balaban J connectivity index is 0.000000299. The number of nitrogens with zero attached hydrogens (tertiary/aromatic N) is 1. The van der Waals surface area contributed by atoms with Crippen molar-refractivity contribution in [2.45, 2.75) is 0 Å². The molecular weight excluding hydrogens is 195 g/mol. The summed E-state index contributed by atoms with van der Waals surface area (Å²) in [5.74, 6) is 0. The summed E-state index contributed by atoms with van der Waals surface area (Å²) in [6.45, 7) is 0. The molecule has 0 aliphatic carbocycles. The van der Waals surface area contributed by atoms with Crippen LogP contribution in [-0.4, -0.2) is 21.2 Å². The minimum Gasteiger partial charge on any atom is -0.565 e. The Morgan fingerprint density at radius 1 is 1.43 bits per heavy atom. The average Bonchev–Trinajstić information content (AvgIpc) is 2.49. The molecule has 1 heterocycles. The third-order valence-corrected chi connectivity index (χ3v) is 1.33. The van der Waals surface area contributed by atoms with Crippen molar-refractivity contribution < 1.29 is 44.6 Å². The van der Waals surface area contributed by atoms with E-state index in [1.807, 2.05) is 24.3 Å². The number of aromatic amines is 1. The fraction of sp³-hybridized carbons (Fsp3) is 0. The van der Waals surface area contributed by atoms with Gasteiger partial charge < -0.3 is 20.0 Å². The molecule has 6 heteroatoms. The maximum atomic E-state index is 8.44. The molecule has 0 aliphatic heterocycles. The molecule has 2 rings (SSSR count). The third kappa shape index (κ3) is 4.27. The number of hydrogen-bond acceptors (Lipinski definition) is 3. The van der Waals surface area contributed by atoms with Crippen molar-refractivity contribution in [1.82, 2.24) is 9.97 Å². The number of imidazole rings is 1. The van der Waals surface area contributed by atoms with Gasteiger partial charge in [0.1, 0.15) is 0 Å². The minimum atomic E-state index is -2.08. The maximum absolute atomic E-state index is 8.44. The molecule has 0 spiro atoms. The van der Waals surface area contributed by atoms with E-state index in [4.69, 9.17) is 15.0 Å². The van der Waals surface area contributed by atoms with E-state index in [0.29, 0.717) is 0 Å². The van der Waals surface area contributed by atoms with Gasteiger partial charge in [0.25, 0.3) is 0 Å². The summed E-state index contributed by atoms with van der Waals surface area (Å²) in [6, 6.07) is 7.94. The second kappa shape index (κ2) is 6.42. The van der Waals surface area contributed by atoms with Gasteiger partial charge in [-0.05, 0) is 12.1 Å². The van der Waals surface area contributed by atoms with Crippen LogP contribution in [0.4, 0.5) is 4.79 Å². The number of benzene rings is 1. The van der Waals surface area contributed by atoms with Crippen LogP contribution in [0.25, 0.3) is 11.0 Å². The largest absolute Gasteiger partial charge is 1.00 e. The van der Waals surface area contributed by atoms with E-state index in [-0.39, 0.29) is 29.6 Å².